The molecule has 1 aliphatic carbocycles. The summed E-state index contributed by atoms with van der Waals surface area (Å²) >= 11 is 0. The Morgan fingerprint density at radius 2 is 2.17 bits per heavy atom. The highest BCUT2D eigenvalue weighted by Gasteiger charge is 2.34. The number of hydrogen-bond acceptors (Lipinski definition) is 1. The predicted octanol–water partition coefficient (Wildman–Crippen LogP) is 3.12. The van der Waals surface area contributed by atoms with E-state index in [9.17, 15) is 5.11 Å². The van der Waals surface area contributed by atoms with Crippen LogP contribution in [0.5, 0.6) is 0 Å². The highest BCUT2D eigenvalue weighted by Crippen LogP contribution is 2.40. The van der Waals surface area contributed by atoms with Crippen LogP contribution in [-0.4, -0.2) is 11.2 Å². The summed E-state index contributed by atoms with van der Waals surface area (Å²) in [6.45, 7) is 4.48. The van der Waals surface area contributed by atoms with E-state index in [1.807, 2.05) is 0 Å². The first-order chi connectivity index (χ1) is 5.69. The van der Waals surface area contributed by atoms with Gasteiger partial charge in [-0.3, -0.25) is 0 Å². The first kappa shape index (κ1) is 10.0. The summed E-state index contributed by atoms with van der Waals surface area (Å²) < 4.78 is 0. The lowest BCUT2D eigenvalue weighted by atomic mass is 9.70. The van der Waals surface area contributed by atoms with Gasteiger partial charge in [0.2, 0.25) is 0 Å². The Bertz CT molecular complexity index is 133. The number of aliphatic hydroxyl groups excluding tert-OH is 1. The van der Waals surface area contributed by atoms with Crippen molar-refractivity contribution in [3.63, 3.8) is 0 Å². The van der Waals surface area contributed by atoms with Crippen molar-refractivity contribution in [3.8, 4) is 0 Å². The average molecular weight is 170 g/mol. The number of hydrogen-bond donors (Lipinski definition) is 1. The Balaban J connectivity index is 2.42. The molecule has 72 valence electrons. The molecule has 1 N–H and O–H groups in total. The Morgan fingerprint density at radius 1 is 1.42 bits per heavy atom. The maximum Gasteiger partial charge on any atom is 0.0593 e. The molecular formula is C11H22O. The van der Waals surface area contributed by atoms with Crippen LogP contribution in [0.25, 0.3) is 0 Å². The second kappa shape index (κ2) is 4.27. The molecule has 0 aromatic heterocycles. The highest BCUT2D eigenvalue weighted by atomic mass is 16.3. The molecule has 1 saturated carbocycles. The second-order valence-corrected chi connectivity index (χ2v) is 4.52. The van der Waals surface area contributed by atoms with E-state index in [2.05, 4.69) is 13.8 Å². The van der Waals surface area contributed by atoms with Crippen LogP contribution in [0.3, 0.4) is 0 Å². The van der Waals surface area contributed by atoms with E-state index in [-0.39, 0.29) is 11.5 Å². The maximum atomic E-state index is 9.85. The van der Waals surface area contributed by atoms with Gasteiger partial charge in [-0.1, -0.05) is 39.5 Å². The van der Waals surface area contributed by atoms with Gasteiger partial charge in [-0.15, -0.1) is 0 Å². The van der Waals surface area contributed by atoms with E-state index < -0.39 is 0 Å². The summed E-state index contributed by atoms with van der Waals surface area (Å²) in [5.74, 6) is 0. The standard InChI is InChI=1S/C11H22O/c1-3-4-8-11(2)9-6-5-7-10(11)12/h10,12H,3-9H2,1-2H3. The lowest BCUT2D eigenvalue weighted by Crippen LogP contribution is -2.35. The fourth-order valence-corrected chi connectivity index (χ4v) is 2.25. The van der Waals surface area contributed by atoms with E-state index >= 15 is 0 Å². The summed E-state index contributed by atoms with van der Waals surface area (Å²) in [6, 6.07) is 0. The summed E-state index contributed by atoms with van der Waals surface area (Å²) in [5, 5.41) is 9.85. The quantitative estimate of drug-likeness (QED) is 0.690. The average Bonchev–Trinajstić information content (AvgIpc) is 2.07. The molecule has 0 saturated heterocycles. The summed E-state index contributed by atoms with van der Waals surface area (Å²) in [7, 11) is 0. The molecule has 1 aliphatic rings. The minimum absolute atomic E-state index is 0.0298. The first-order valence-electron chi connectivity index (χ1n) is 5.37. The molecular weight excluding hydrogens is 148 g/mol. The van der Waals surface area contributed by atoms with E-state index in [0.717, 1.165) is 6.42 Å². The van der Waals surface area contributed by atoms with Crippen LogP contribution in [0.15, 0.2) is 0 Å². The zero-order valence-corrected chi connectivity index (χ0v) is 8.47. The van der Waals surface area contributed by atoms with Crippen molar-refractivity contribution in [1.29, 1.82) is 0 Å². The molecule has 2 atom stereocenters. The Kier molecular flexibility index (Phi) is 3.57. The molecule has 1 rings (SSSR count). The molecule has 0 amide bonds. The molecule has 0 aromatic carbocycles. The third-order valence-electron chi connectivity index (χ3n) is 3.38. The van der Waals surface area contributed by atoms with Crippen LogP contribution in [0.2, 0.25) is 0 Å². The largest absolute Gasteiger partial charge is 0.393 e. The minimum Gasteiger partial charge on any atom is -0.393 e. The van der Waals surface area contributed by atoms with Crippen LogP contribution in [-0.2, 0) is 0 Å². The fraction of sp³-hybridized carbons (Fsp3) is 1.00. The third-order valence-corrected chi connectivity index (χ3v) is 3.38. The van der Waals surface area contributed by atoms with Gasteiger partial charge in [0.15, 0.2) is 0 Å². The van der Waals surface area contributed by atoms with Gasteiger partial charge in [-0.05, 0) is 24.7 Å². The zero-order valence-electron chi connectivity index (χ0n) is 8.47. The molecule has 1 nitrogen and oxygen atoms in total. The van der Waals surface area contributed by atoms with Gasteiger partial charge >= 0.3 is 0 Å². The van der Waals surface area contributed by atoms with Crippen molar-refractivity contribution in [3.05, 3.63) is 0 Å². The molecule has 0 bridgehead atoms. The normalized spacial score (nSPS) is 36.8. The smallest absolute Gasteiger partial charge is 0.0593 e. The molecule has 0 heterocycles. The number of unbranched alkanes of at least 4 members (excludes halogenated alkanes) is 1. The number of aliphatic hydroxyl groups is 1. The molecule has 1 fully saturated rings. The van der Waals surface area contributed by atoms with Gasteiger partial charge in [-0.2, -0.15) is 0 Å². The van der Waals surface area contributed by atoms with Crippen LogP contribution in [0.4, 0.5) is 0 Å². The highest BCUT2D eigenvalue weighted by molar-refractivity contribution is 4.85. The van der Waals surface area contributed by atoms with Crippen LogP contribution >= 0.6 is 0 Å². The summed E-state index contributed by atoms with van der Waals surface area (Å²) in [5.41, 5.74) is 0.244. The van der Waals surface area contributed by atoms with Gasteiger partial charge in [-0.25, -0.2) is 0 Å². The van der Waals surface area contributed by atoms with Crippen LogP contribution in [0, 0.1) is 5.41 Å². The lowest BCUT2D eigenvalue weighted by molar-refractivity contribution is -0.00630. The van der Waals surface area contributed by atoms with Crippen molar-refractivity contribution >= 4 is 0 Å². The van der Waals surface area contributed by atoms with Crippen molar-refractivity contribution < 1.29 is 5.11 Å². The van der Waals surface area contributed by atoms with Crippen molar-refractivity contribution in [2.75, 3.05) is 0 Å². The lowest BCUT2D eigenvalue weighted by Gasteiger charge is -2.38. The van der Waals surface area contributed by atoms with Gasteiger partial charge in [0.1, 0.15) is 0 Å². The van der Waals surface area contributed by atoms with Crippen LogP contribution in [0.1, 0.15) is 58.8 Å². The van der Waals surface area contributed by atoms with Gasteiger partial charge < -0.3 is 5.11 Å². The van der Waals surface area contributed by atoms with E-state index in [1.165, 1.54) is 38.5 Å². The Labute approximate surface area is 76.2 Å². The molecule has 0 aromatic rings. The SMILES string of the molecule is CCCCC1(C)CCCCC1O. The second-order valence-electron chi connectivity index (χ2n) is 4.52. The van der Waals surface area contributed by atoms with Gasteiger partial charge in [0, 0.05) is 0 Å². The fourth-order valence-electron chi connectivity index (χ4n) is 2.25. The maximum absolute atomic E-state index is 9.85. The summed E-state index contributed by atoms with van der Waals surface area (Å²) in [6.07, 6.45) is 8.51. The molecule has 1 heteroatoms. The summed E-state index contributed by atoms with van der Waals surface area (Å²) in [4.78, 5) is 0. The first-order valence-corrected chi connectivity index (χ1v) is 5.37. The number of rotatable bonds is 3. The van der Waals surface area contributed by atoms with Gasteiger partial charge in [0.25, 0.3) is 0 Å². The van der Waals surface area contributed by atoms with E-state index in [1.54, 1.807) is 0 Å². The Morgan fingerprint density at radius 3 is 2.75 bits per heavy atom. The Hall–Kier alpha value is -0.0400. The molecule has 12 heavy (non-hydrogen) atoms. The molecule has 0 radical (unpaired) electrons. The topological polar surface area (TPSA) is 20.2 Å². The van der Waals surface area contributed by atoms with Crippen LogP contribution < -0.4 is 0 Å². The predicted molar refractivity (Wildman–Crippen MR) is 52.1 cm³/mol. The molecule has 0 spiro atoms. The van der Waals surface area contributed by atoms with Crippen molar-refractivity contribution in [2.45, 2.75) is 64.9 Å². The molecule has 0 aliphatic heterocycles. The monoisotopic (exact) mass is 170 g/mol. The van der Waals surface area contributed by atoms with Crippen molar-refractivity contribution in [2.24, 2.45) is 5.41 Å². The minimum atomic E-state index is -0.0298. The third kappa shape index (κ3) is 2.22. The zero-order chi connectivity index (χ0) is 9.03. The van der Waals surface area contributed by atoms with E-state index in [4.69, 9.17) is 0 Å². The van der Waals surface area contributed by atoms with E-state index in [0.29, 0.717) is 0 Å². The molecule has 2 unspecified atom stereocenters. The van der Waals surface area contributed by atoms with Gasteiger partial charge in [0.05, 0.1) is 6.10 Å². The van der Waals surface area contributed by atoms with Crippen molar-refractivity contribution in [1.82, 2.24) is 0 Å².